The molecule has 148 valence electrons. The number of rotatable bonds is 8. The Morgan fingerprint density at radius 2 is 1.75 bits per heavy atom. The third-order valence-electron chi connectivity index (χ3n) is 4.64. The molecule has 7 nitrogen and oxygen atoms in total. The van der Waals surface area contributed by atoms with Gasteiger partial charge in [-0.3, -0.25) is 9.59 Å². The number of para-hydroxylation sites is 1. The summed E-state index contributed by atoms with van der Waals surface area (Å²) in [6.07, 6.45) is 0.435. The second kappa shape index (κ2) is 8.43. The molecule has 0 atom stereocenters. The van der Waals surface area contributed by atoms with Crippen LogP contribution in [0.4, 0.5) is 5.69 Å². The third-order valence-corrected chi connectivity index (χ3v) is 6.48. The Kier molecular flexibility index (Phi) is 5.99. The standard InChI is InChI=1S/C20H23N3O4S/c1-22(16-8-3-2-4-9-16)15-13-21-19(24)12-7-14-23-20(25)17-10-5-6-11-18(17)28(23,26)27/h2-6,8-11H,7,12-15H2,1H3,(H,21,24). The Bertz CT molecular complexity index is 960. The highest BCUT2D eigenvalue weighted by Crippen LogP contribution is 2.29. The predicted octanol–water partition coefficient (Wildman–Crippen LogP) is 1.86. The first-order valence-electron chi connectivity index (χ1n) is 9.10. The lowest BCUT2D eigenvalue weighted by Crippen LogP contribution is -2.34. The van der Waals surface area contributed by atoms with Gasteiger partial charge in [0.05, 0.1) is 5.56 Å². The highest BCUT2D eigenvalue weighted by Gasteiger charge is 2.40. The fourth-order valence-electron chi connectivity index (χ4n) is 3.10. The lowest BCUT2D eigenvalue weighted by atomic mass is 10.2. The monoisotopic (exact) mass is 401 g/mol. The van der Waals surface area contributed by atoms with Gasteiger partial charge in [-0.1, -0.05) is 30.3 Å². The van der Waals surface area contributed by atoms with Gasteiger partial charge in [0.25, 0.3) is 15.9 Å². The number of carbonyl (C=O) groups excluding carboxylic acids is 2. The molecule has 0 unspecified atom stereocenters. The molecular weight excluding hydrogens is 378 g/mol. The summed E-state index contributed by atoms with van der Waals surface area (Å²) in [5.41, 5.74) is 1.25. The van der Waals surface area contributed by atoms with Gasteiger partial charge in [-0.15, -0.1) is 0 Å². The van der Waals surface area contributed by atoms with Gasteiger partial charge in [0, 0.05) is 38.8 Å². The van der Waals surface area contributed by atoms with E-state index < -0.39 is 15.9 Å². The Morgan fingerprint density at radius 3 is 2.46 bits per heavy atom. The average molecular weight is 401 g/mol. The number of nitrogens with one attached hydrogen (secondary N) is 1. The number of likely N-dealkylation sites (N-methyl/N-ethyl adjacent to an activating group) is 1. The molecule has 0 saturated heterocycles. The molecule has 0 aliphatic carbocycles. The number of fused-ring (bicyclic) bond motifs is 1. The van der Waals surface area contributed by atoms with Crippen LogP contribution in [-0.4, -0.2) is 51.2 Å². The number of nitrogens with zero attached hydrogens (tertiary/aromatic N) is 2. The molecular formula is C20H23N3O4S. The van der Waals surface area contributed by atoms with Crippen molar-refractivity contribution in [3.63, 3.8) is 0 Å². The summed E-state index contributed by atoms with van der Waals surface area (Å²) in [5, 5.41) is 2.82. The lowest BCUT2D eigenvalue weighted by molar-refractivity contribution is -0.121. The zero-order valence-corrected chi connectivity index (χ0v) is 16.5. The highest BCUT2D eigenvalue weighted by atomic mass is 32.2. The van der Waals surface area contributed by atoms with Crippen molar-refractivity contribution in [2.24, 2.45) is 0 Å². The van der Waals surface area contributed by atoms with Gasteiger partial charge in [0.15, 0.2) is 0 Å². The minimum absolute atomic E-state index is 0.00676. The van der Waals surface area contributed by atoms with E-state index in [0.717, 1.165) is 9.99 Å². The molecule has 8 heteroatoms. The molecule has 0 bridgehead atoms. The van der Waals surface area contributed by atoms with Crippen LogP contribution >= 0.6 is 0 Å². The quantitative estimate of drug-likeness (QED) is 0.730. The molecule has 1 aliphatic rings. The maximum absolute atomic E-state index is 12.5. The summed E-state index contributed by atoms with van der Waals surface area (Å²) in [4.78, 5) is 26.4. The SMILES string of the molecule is CN(CCNC(=O)CCCN1C(=O)c2ccccc2S1(=O)=O)c1ccccc1. The zero-order valence-electron chi connectivity index (χ0n) is 15.7. The molecule has 0 saturated carbocycles. The second-order valence-electron chi connectivity index (χ2n) is 6.59. The van der Waals surface area contributed by atoms with Gasteiger partial charge in [0.2, 0.25) is 5.91 Å². The van der Waals surface area contributed by atoms with Gasteiger partial charge in [0.1, 0.15) is 4.90 Å². The minimum Gasteiger partial charge on any atom is -0.373 e. The summed E-state index contributed by atoms with van der Waals surface area (Å²) in [6, 6.07) is 16.0. The number of benzene rings is 2. The fraction of sp³-hybridized carbons (Fsp3) is 0.300. The minimum atomic E-state index is -3.81. The van der Waals surface area contributed by atoms with Crippen molar-refractivity contribution in [2.75, 3.05) is 31.6 Å². The molecule has 1 aliphatic heterocycles. The first-order chi connectivity index (χ1) is 13.4. The molecule has 0 radical (unpaired) electrons. The Morgan fingerprint density at radius 1 is 1.07 bits per heavy atom. The number of carbonyl (C=O) groups is 2. The third kappa shape index (κ3) is 4.17. The van der Waals surface area contributed by atoms with Crippen molar-refractivity contribution >= 4 is 27.5 Å². The van der Waals surface area contributed by atoms with Crippen LogP contribution in [0, 0.1) is 0 Å². The van der Waals surface area contributed by atoms with Crippen LogP contribution in [0.25, 0.3) is 0 Å². The number of hydrogen-bond donors (Lipinski definition) is 1. The van der Waals surface area contributed by atoms with E-state index in [1.54, 1.807) is 12.1 Å². The van der Waals surface area contributed by atoms with E-state index in [4.69, 9.17) is 0 Å². The van der Waals surface area contributed by atoms with Gasteiger partial charge in [-0.25, -0.2) is 12.7 Å². The lowest BCUT2D eigenvalue weighted by Gasteiger charge is -2.19. The Labute approximate surface area is 165 Å². The largest absolute Gasteiger partial charge is 0.373 e. The smallest absolute Gasteiger partial charge is 0.269 e. The van der Waals surface area contributed by atoms with Crippen LogP contribution in [0.5, 0.6) is 0 Å². The first kappa shape index (κ1) is 19.9. The first-order valence-corrected chi connectivity index (χ1v) is 10.5. The van der Waals surface area contributed by atoms with Crippen molar-refractivity contribution in [1.82, 2.24) is 9.62 Å². The van der Waals surface area contributed by atoms with Gasteiger partial charge < -0.3 is 10.2 Å². The molecule has 0 aromatic heterocycles. The van der Waals surface area contributed by atoms with Gasteiger partial charge >= 0.3 is 0 Å². The molecule has 1 N–H and O–H groups in total. The second-order valence-corrected chi connectivity index (χ2v) is 8.42. The van der Waals surface area contributed by atoms with E-state index >= 15 is 0 Å². The zero-order chi connectivity index (χ0) is 20.1. The maximum atomic E-state index is 12.5. The molecule has 0 spiro atoms. The van der Waals surface area contributed by atoms with E-state index in [0.29, 0.717) is 13.1 Å². The van der Waals surface area contributed by atoms with Crippen molar-refractivity contribution < 1.29 is 18.0 Å². The number of anilines is 1. The van der Waals surface area contributed by atoms with E-state index in [-0.39, 0.29) is 35.8 Å². The molecule has 2 aromatic rings. The van der Waals surface area contributed by atoms with Crippen molar-refractivity contribution in [2.45, 2.75) is 17.7 Å². The van der Waals surface area contributed by atoms with Crippen molar-refractivity contribution in [1.29, 1.82) is 0 Å². The van der Waals surface area contributed by atoms with E-state index in [2.05, 4.69) is 5.32 Å². The maximum Gasteiger partial charge on any atom is 0.269 e. The van der Waals surface area contributed by atoms with Crippen LogP contribution in [0.2, 0.25) is 0 Å². The van der Waals surface area contributed by atoms with Gasteiger partial charge in [-0.2, -0.15) is 0 Å². The number of sulfonamides is 1. The van der Waals surface area contributed by atoms with Gasteiger partial charge in [-0.05, 0) is 30.7 Å². The normalized spacial score (nSPS) is 14.6. The fourth-order valence-corrected chi connectivity index (χ4v) is 4.71. The average Bonchev–Trinajstić information content (AvgIpc) is 2.89. The van der Waals surface area contributed by atoms with Crippen LogP contribution in [0.1, 0.15) is 23.2 Å². The topological polar surface area (TPSA) is 86.8 Å². The van der Waals surface area contributed by atoms with E-state index in [1.165, 1.54) is 12.1 Å². The molecule has 28 heavy (non-hydrogen) atoms. The summed E-state index contributed by atoms with van der Waals surface area (Å²) < 4.78 is 25.8. The van der Waals surface area contributed by atoms with Crippen LogP contribution < -0.4 is 10.2 Å². The molecule has 3 rings (SSSR count). The molecule has 0 fully saturated rings. The molecule has 2 amide bonds. The van der Waals surface area contributed by atoms with E-state index in [9.17, 15) is 18.0 Å². The summed E-state index contributed by atoms with van der Waals surface area (Å²) in [5.74, 6) is -0.691. The van der Waals surface area contributed by atoms with Crippen LogP contribution in [0.3, 0.4) is 0 Å². The summed E-state index contributed by atoms with van der Waals surface area (Å²) in [7, 11) is -1.86. The Balaban J connectivity index is 1.43. The van der Waals surface area contributed by atoms with Crippen molar-refractivity contribution in [3.8, 4) is 0 Å². The highest BCUT2D eigenvalue weighted by molar-refractivity contribution is 7.90. The van der Waals surface area contributed by atoms with Crippen LogP contribution in [0.15, 0.2) is 59.5 Å². The van der Waals surface area contributed by atoms with Crippen molar-refractivity contribution in [3.05, 3.63) is 60.2 Å². The molecule has 2 aromatic carbocycles. The summed E-state index contributed by atoms with van der Waals surface area (Å²) in [6.45, 7) is 1.13. The van der Waals surface area contributed by atoms with E-state index in [1.807, 2.05) is 42.3 Å². The van der Waals surface area contributed by atoms with Crippen LogP contribution in [-0.2, 0) is 14.8 Å². The number of amides is 2. The number of hydrogen-bond acceptors (Lipinski definition) is 5. The summed E-state index contributed by atoms with van der Waals surface area (Å²) >= 11 is 0. The Hall–Kier alpha value is -2.87. The predicted molar refractivity (Wildman–Crippen MR) is 107 cm³/mol. The molecule has 1 heterocycles.